The van der Waals surface area contributed by atoms with E-state index in [2.05, 4.69) is 36.8 Å². The summed E-state index contributed by atoms with van der Waals surface area (Å²) >= 11 is 0. The van der Waals surface area contributed by atoms with Crippen LogP contribution in [0.3, 0.4) is 0 Å². The summed E-state index contributed by atoms with van der Waals surface area (Å²) in [7, 11) is 3.88. The SMILES string of the molecule is CN=CCCC(=O)N1CC2CC(N(C)c3ncnc4[nH]ccc34)C[C@H]2C1. The molecule has 2 fully saturated rings. The van der Waals surface area contributed by atoms with Gasteiger partial charge in [-0.2, -0.15) is 0 Å². The van der Waals surface area contributed by atoms with Crippen molar-refractivity contribution in [2.24, 2.45) is 16.8 Å². The quantitative estimate of drug-likeness (QED) is 0.834. The van der Waals surface area contributed by atoms with Crippen LogP contribution in [-0.4, -0.2) is 65.2 Å². The van der Waals surface area contributed by atoms with Crippen molar-refractivity contribution in [3.63, 3.8) is 0 Å². The molecule has 1 aliphatic carbocycles. The average molecular weight is 354 g/mol. The maximum atomic E-state index is 12.3. The van der Waals surface area contributed by atoms with Crippen LogP contribution in [0.2, 0.25) is 0 Å². The lowest BCUT2D eigenvalue weighted by Crippen LogP contribution is -2.34. The summed E-state index contributed by atoms with van der Waals surface area (Å²) in [5.41, 5.74) is 0.882. The fourth-order valence-corrected chi connectivity index (χ4v) is 4.58. The van der Waals surface area contributed by atoms with Crippen molar-refractivity contribution in [2.75, 3.05) is 32.1 Å². The summed E-state index contributed by atoms with van der Waals surface area (Å²) in [5, 5.41) is 1.07. The first kappa shape index (κ1) is 17.0. The number of anilines is 1. The predicted octanol–water partition coefficient (Wildman–Crippen LogP) is 2.11. The van der Waals surface area contributed by atoms with Gasteiger partial charge in [-0.25, -0.2) is 9.97 Å². The second-order valence-corrected chi connectivity index (χ2v) is 7.47. The Bertz CT molecular complexity index is 801. The van der Waals surface area contributed by atoms with Crippen molar-refractivity contribution in [3.05, 3.63) is 18.6 Å². The molecule has 1 aliphatic heterocycles. The van der Waals surface area contributed by atoms with Gasteiger partial charge in [0, 0.05) is 45.8 Å². The highest BCUT2D eigenvalue weighted by Crippen LogP contribution is 2.41. The van der Waals surface area contributed by atoms with E-state index in [1.54, 1.807) is 13.4 Å². The maximum Gasteiger partial charge on any atom is 0.222 e. The molecule has 0 spiro atoms. The van der Waals surface area contributed by atoms with Gasteiger partial charge in [-0.05, 0) is 43.4 Å². The van der Waals surface area contributed by atoms with Crippen LogP contribution in [0.25, 0.3) is 11.0 Å². The predicted molar refractivity (Wildman–Crippen MR) is 103 cm³/mol. The van der Waals surface area contributed by atoms with E-state index in [9.17, 15) is 4.79 Å². The van der Waals surface area contributed by atoms with Gasteiger partial charge in [0.05, 0.1) is 5.39 Å². The Morgan fingerprint density at radius 1 is 1.38 bits per heavy atom. The average Bonchev–Trinajstić information content (AvgIpc) is 3.34. The molecule has 1 N–H and O–H groups in total. The van der Waals surface area contributed by atoms with Gasteiger partial charge in [-0.15, -0.1) is 0 Å². The van der Waals surface area contributed by atoms with Gasteiger partial charge in [-0.3, -0.25) is 4.79 Å². The van der Waals surface area contributed by atoms with E-state index >= 15 is 0 Å². The number of H-pyrrole nitrogens is 1. The topological polar surface area (TPSA) is 77.5 Å². The van der Waals surface area contributed by atoms with Crippen molar-refractivity contribution in [2.45, 2.75) is 31.7 Å². The molecule has 0 radical (unpaired) electrons. The van der Waals surface area contributed by atoms with Gasteiger partial charge < -0.3 is 19.8 Å². The molecule has 1 amide bonds. The Kier molecular flexibility index (Phi) is 4.61. The molecule has 4 rings (SSSR count). The third-order valence-corrected chi connectivity index (χ3v) is 5.96. The molecule has 26 heavy (non-hydrogen) atoms. The van der Waals surface area contributed by atoms with Crippen LogP contribution in [0.15, 0.2) is 23.6 Å². The summed E-state index contributed by atoms with van der Waals surface area (Å²) in [6, 6.07) is 2.51. The number of amides is 1. The zero-order valence-corrected chi connectivity index (χ0v) is 15.4. The van der Waals surface area contributed by atoms with E-state index in [-0.39, 0.29) is 5.91 Å². The van der Waals surface area contributed by atoms with Gasteiger partial charge in [0.1, 0.15) is 17.8 Å². The van der Waals surface area contributed by atoms with E-state index in [4.69, 9.17) is 0 Å². The first-order valence-electron chi connectivity index (χ1n) is 9.36. The lowest BCUT2D eigenvalue weighted by atomic mass is 10.0. The minimum atomic E-state index is 0.272. The van der Waals surface area contributed by atoms with Crippen molar-refractivity contribution >= 4 is 29.0 Å². The number of aliphatic imine (C=N–C) groups is 1. The van der Waals surface area contributed by atoms with E-state index in [1.165, 1.54) is 0 Å². The lowest BCUT2D eigenvalue weighted by Gasteiger charge is -2.28. The van der Waals surface area contributed by atoms with E-state index in [1.807, 2.05) is 18.5 Å². The molecule has 7 nitrogen and oxygen atoms in total. The number of aromatic nitrogens is 3. The van der Waals surface area contributed by atoms with Crippen LogP contribution in [0.1, 0.15) is 25.7 Å². The number of carbonyl (C=O) groups is 1. The number of aromatic amines is 1. The number of carbonyl (C=O) groups excluding carboxylic acids is 1. The number of nitrogens with one attached hydrogen (secondary N) is 1. The number of rotatable bonds is 5. The maximum absolute atomic E-state index is 12.3. The zero-order chi connectivity index (χ0) is 18.1. The number of hydrogen-bond acceptors (Lipinski definition) is 5. The summed E-state index contributed by atoms with van der Waals surface area (Å²) in [6.07, 6.45) is 8.92. The molecular weight excluding hydrogens is 328 g/mol. The minimum absolute atomic E-state index is 0.272. The Balaban J connectivity index is 1.39. The Hall–Kier alpha value is -2.44. The number of nitrogens with zero attached hydrogens (tertiary/aromatic N) is 5. The van der Waals surface area contributed by atoms with E-state index < -0.39 is 0 Å². The van der Waals surface area contributed by atoms with Crippen LogP contribution in [0, 0.1) is 11.8 Å². The summed E-state index contributed by atoms with van der Waals surface area (Å²) in [4.78, 5) is 32.6. The van der Waals surface area contributed by atoms with Crippen LogP contribution in [0.4, 0.5) is 5.82 Å². The molecule has 0 bridgehead atoms. The van der Waals surface area contributed by atoms with E-state index in [0.717, 1.165) is 49.2 Å². The fourth-order valence-electron chi connectivity index (χ4n) is 4.58. The van der Waals surface area contributed by atoms with Gasteiger partial charge in [0.15, 0.2) is 0 Å². The van der Waals surface area contributed by atoms with Gasteiger partial charge >= 0.3 is 0 Å². The largest absolute Gasteiger partial charge is 0.356 e. The molecule has 2 aliphatic rings. The molecule has 0 aromatic carbocycles. The number of fused-ring (bicyclic) bond motifs is 2. The summed E-state index contributed by atoms with van der Waals surface area (Å²) in [6.45, 7) is 1.81. The second kappa shape index (κ2) is 7.05. The molecule has 2 aromatic rings. The van der Waals surface area contributed by atoms with Crippen LogP contribution in [0.5, 0.6) is 0 Å². The Labute approximate surface area is 153 Å². The first-order valence-corrected chi connectivity index (χ1v) is 9.36. The summed E-state index contributed by atoms with van der Waals surface area (Å²) < 4.78 is 0. The van der Waals surface area contributed by atoms with Gasteiger partial charge in [0.25, 0.3) is 0 Å². The highest BCUT2D eigenvalue weighted by molar-refractivity contribution is 5.87. The third kappa shape index (κ3) is 3.06. The minimum Gasteiger partial charge on any atom is -0.356 e. The van der Waals surface area contributed by atoms with E-state index in [0.29, 0.717) is 24.3 Å². The van der Waals surface area contributed by atoms with Gasteiger partial charge in [-0.1, -0.05) is 0 Å². The van der Waals surface area contributed by atoms with Crippen molar-refractivity contribution < 1.29 is 4.79 Å². The zero-order valence-electron chi connectivity index (χ0n) is 15.4. The Morgan fingerprint density at radius 3 is 2.88 bits per heavy atom. The molecular formula is C19H26N6O. The third-order valence-electron chi connectivity index (χ3n) is 5.96. The highest BCUT2D eigenvalue weighted by Gasteiger charge is 2.43. The van der Waals surface area contributed by atoms with Crippen molar-refractivity contribution in [1.82, 2.24) is 19.9 Å². The van der Waals surface area contributed by atoms with Crippen LogP contribution < -0.4 is 4.90 Å². The molecule has 7 heteroatoms. The normalized spacial score (nSPS) is 25.3. The Morgan fingerprint density at radius 2 is 2.15 bits per heavy atom. The van der Waals surface area contributed by atoms with Crippen molar-refractivity contribution in [1.29, 1.82) is 0 Å². The standard InChI is InChI=1S/C19H26N6O/c1-20-6-3-4-17(26)25-10-13-8-15(9-14(13)11-25)24(2)19-16-5-7-21-18(16)22-12-23-19/h5-7,12-15H,3-4,8-11H2,1-2H3,(H,21,22,23)/t13-,14?,15?/m0/s1. The molecule has 1 saturated carbocycles. The molecule has 3 heterocycles. The van der Waals surface area contributed by atoms with Crippen LogP contribution >= 0.6 is 0 Å². The molecule has 3 atom stereocenters. The molecule has 138 valence electrons. The molecule has 2 aromatic heterocycles. The smallest absolute Gasteiger partial charge is 0.222 e. The molecule has 2 unspecified atom stereocenters. The van der Waals surface area contributed by atoms with Crippen molar-refractivity contribution in [3.8, 4) is 0 Å². The number of hydrogen-bond donors (Lipinski definition) is 1. The lowest BCUT2D eigenvalue weighted by molar-refractivity contribution is -0.130. The first-order chi connectivity index (χ1) is 12.7. The van der Waals surface area contributed by atoms with Gasteiger partial charge in [0.2, 0.25) is 5.91 Å². The summed E-state index contributed by atoms with van der Waals surface area (Å²) in [5.74, 6) is 2.48. The molecule has 1 saturated heterocycles. The fraction of sp³-hybridized carbons (Fsp3) is 0.579. The second-order valence-electron chi connectivity index (χ2n) is 7.47. The monoisotopic (exact) mass is 354 g/mol. The number of likely N-dealkylation sites (tertiary alicyclic amines) is 1. The van der Waals surface area contributed by atoms with Crippen LogP contribution in [-0.2, 0) is 4.79 Å². The highest BCUT2D eigenvalue weighted by atomic mass is 16.2.